The van der Waals surface area contributed by atoms with Gasteiger partial charge in [0, 0.05) is 0 Å². The molecule has 102 valence electrons. The Morgan fingerprint density at radius 3 is 2.83 bits per heavy atom. The van der Waals surface area contributed by atoms with E-state index in [0.717, 1.165) is 11.3 Å². The molecule has 0 spiro atoms. The lowest BCUT2D eigenvalue weighted by molar-refractivity contribution is -0.117. The van der Waals surface area contributed by atoms with Crippen LogP contribution in [0.1, 0.15) is 12.0 Å². The molecule has 18 heavy (non-hydrogen) atoms. The van der Waals surface area contributed by atoms with Crippen LogP contribution in [0, 0.1) is 6.92 Å². The lowest BCUT2D eigenvalue weighted by atomic mass is 10.2. The molecule has 1 amide bonds. The molecular weight excluding hydrogens is 272 g/mol. The molecule has 4 N–H and O–H groups in total. The van der Waals surface area contributed by atoms with Crippen molar-refractivity contribution < 1.29 is 9.90 Å². The van der Waals surface area contributed by atoms with Crippen molar-refractivity contribution in [3.63, 3.8) is 0 Å². The van der Waals surface area contributed by atoms with Crippen LogP contribution in [0.4, 0.5) is 5.69 Å². The van der Waals surface area contributed by atoms with Gasteiger partial charge in [-0.15, -0.1) is 12.4 Å². The van der Waals surface area contributed by atoms with Crippen molar-refractivity contribution in [1.82, 2.24) is 0 Å². The number of carbonyl (C=O) groups excluding carboxylic acids is 1. The van der Waals surface area contributed by atoms with Gasteiger partial charge in [-0.3, -0.25) is 4.79 Å². The van der Waals surface area contributed by atoms with Gasteiger partial charge in [0.15, 0.2) is 0 Å². The molecule has 0 bridgehead atoms. The Morgan fingerprint density at radius 1 is 1.56 bits per heavy atom. The smallest absolute Gasteiger partial charge is 0.241 e. The Bertz CT molecular complexity index is 402. The number of benzene rings is 1. The minimum absolute atomic E-state index is 0. The monoisotopic (exact) mass is 290 g/mol. The highest BCUT2D eigenvalue weighted by Gasteiger charge is 2.14. The number of hydrogen-bond donors (Lipinski definition) is 3. The first-order valence-electron chi connectivity index (χ1n) is 5.39. The van der Waals surface area contributed by atoms with Crippen LogP contribution < -0.4 is 11.1 Å². The molecule has 0 aliphatic rings. The van der Waals surface area contributed by atoms with Crippen LogP contribution in [-0.2, 0) is 4.79 Å². The van der Waals surface area contributed by atoms with E-state index in [2.05, 4.69) is 5.32 Å². The summed E-state index contributed by atoms with van der Waals surface area (Å²) in [5.41, 5.74) is 7.11. The lowest BCUT2D eigenvalue weighted by Gasteiger charge is -2.13. The first kappa shape index (κ1) is 17.1. The zero-order chi connectivity index (χ0) is 12.8. The first-order valence-corrected chi connectivity index (χ1v) is 6.79. The molecular formula is C12H19ClN2O2S. The number of aryl methyl sites for hydroxylation is 1. The fourth-order valence-corrected chi connectivity index (χ4v) is 1.84. The quantitative estimate of drug-likeness (QED) is 0.726. The fourth-order valence-electron chi connectivity index (χ4n) is 1.35. The number of phenols is 1. The second-order valence-electron chi connectivity index (χ2n) is 3.90. The molecule has 0 saturated heterocycles. The molecule has 4 nitrogen and oxygen atoms in total. The van der Waals surface area contributed by atoms with Crippen molar-refractivity contribution in [2.45, 2.75) is 19.4 Å². The van der Waals surface area contributed by atoms with E-state index in [9.17, 15) is 9.90 Å². The SMILES string of the molecule is CSCC[C@H](N)C(=O)Nc1cc(C)ccc1O.Cl. The van der Waals surface area contributed by atoms with E-state index in [1.807, 2.05) is 13.2 Å². The Labute approximate surface area is 118 Å². The van der Waals surface area contributed by atoms with Gasteiger partial charge in [-0.25, -0.2) is 0 Å². The lowest BCUT2D eigenvalue weighted by Crippen LogP contribution is -2.36. The van der Waals surface area contributed by atoms with E-state index in [1.54, 1.807) is 30.0 Å². The maximum Gasteiger partial charge on any atom is 0.241 e. The summed E-state index contributed by atoms with van der Waals surface area (Å²) in [7, 11) is 0. The molecule has 1 aromatic rings. The third-order valence-electron chi connectivity index (χ3n) is 2.38. The second-order valence-corrected chi connectivity index (χ2v) is 4.88. The summed E-state index contributed by atoms with van der Waals surface area (Å²) in [5.74, 6) is 0.634. The van der Waals surface area contributed by atoms with Gasteiger partial charge in [-0.1, -0.05) is 6.07 Å². The molecule has 0 aliphatic heterocycles. The standard InChI is InChI=1S/C12H18N2O2S.ClH/c1-8-3-4-11(15)10(7-8)14-12(16)9(13)5-6-17-2;/h3-4,7,9,15H,5-6,13H2,1-2H3,(H,14,16);1H/t9-;/m0./s1. The number of anilines is 1. The third-order valence-corrected chi connectivity index (χ3v) is 3.02. The molecule has 0 aromatic heterocycles. The third kappa shape index (κ3) is 5.16. The summed E-state index contributed by atoms with van der Waals surface area (Å²) in [6.07, 6.45) is 2.59. The van der Waals surface area contributed by atoms with Gasteiger partial charge in [0.05, 0.1) is 11.7 Å². The van der Waals surface area contributed by atoms with Gasteiger partial charge in [0.1, 0.15) is 5.75 Å². The number of halogens is 1. The number of nitrogens with two attached hydrogens (primary N) is 1. The Balaban J connectivity index is 0.00000289. The van der Waals surface area contributed by atoms with E-state index >= 15 is 0 Å². The van der Waals surface area contributed by atoms with E-state index in [0.29, 0.717) is 12.1 Å². The number of amides is 1. The predicted molar refractivity (Wildman–Crippen MR) is 79.7 cm³/mol. The van der Waals surface area contributed by atoms with Gasteiger partial charge in [0.25, 0.3) is 0 Å². The van der Waals surface area contributed by atoms with Gasteiger partial charge >= 0.3 is 0 Å². The largest absolute Gasteiger partial charge is 0.506 e. The van der Waals surface area contributed by atoms with Crippen molar-refractivity contribution >= 4 is 35.8 Å². The molecule has 0 radical (unpaired) electrons. The van der Waals surface area contributed by atoms with E-state index < -0.39 is 6.04 Å². The van der Waals surface area contributed by atoms with Crippen LogP contribution in [-0.4, -0.2) is 29.1 Å². The molecule has 1 aromatic carbocycles. The minimum atomic E-state index is -0.539. The zero-order valence-electron chi connectivity index (χ0n) is 10.5. The Morgan fingerprint density at radius 2 is 2.22 bits per heavy atom. The minimum Gasteiger partial charge on any atom is -0.506 e. The number of thioether (sulfide) groups is 1. The molecule has 0 saturated carbocycles. The summed E-state index contributed by atoms with van der Waals surface area (Å²) in [4.78, 5) is 11.7. The highest BCUT2D eigenvalue weighted by molar-refractivity contribution is 7.98. The van der Waals surface area contributed by atoms with Crippen LogP contribution in [0.5, 0.6) is 5.75 Å². The molecule has 0 aliphatic carbocycles. The van der Waals surface area contributed by atoms with Gasteiger partial charge in [-0.05, 0) is 43.0 Å². The number of carbonyl (C=O) groups is 1. The van der Waals surface area contributed by atoms with Crippen LogP contribution in [0.3, 0.4) is 0 Å². The fraction of sp³-hybridized carbons (Fsp3) is 0.417. The molecule has 0 heterocycles. The normalized spacial score (nSPS) is 11.5. The number of hydrogen-bond acceptors (Lipinski definition) is 4. The number of aromatic hydroxyl groups is 1. The van der Waals surface area contributed by atoms with Gasteiger partial charge < -0.3 is 16.2 Å². The Hall–Kier alpha value is -0.910. The van der Waals surface area contributed by atoms with Gasteiger partial charge in [0.2, 0.25) is 5.91 Å². The summed E-state index contributed by atoms with van der Waals surface area (Å²) < 4.78 is 0. The molecule has 0 unspecified atom stereocenters. The number of phenolic OH excluding ortho intramolecular Hbond substituents is 1. The average molecular weight is 291 g/mol. The van der Waals surface area contributed by atoms with Crippen molar-refractivity contribution in [3.8, 4) is 5.75 Å². The first-order chi connectivity index (χ1) is 8.04. The summed E-state index contributed by atoms with van der Waals surface area (Å²) in [6, 6.07) is 4.51. The van der Waals surface area contributed by atoms with Crippen molar-refractivity contribution in [2.24, 2.45) is 5.73 Å². The second kappa shape index (κ2) is 8.24. The predicted octanol–water partition coefficient (Wildman–Crippen LogP) is 2.14. The average Bonchev–Trinajstić information content (AvgIpc) is 2.30. The molecule has 0 fully saturated rings. The van der Waals surface area contributed by atoms with Crippen molar-refractivity contribution in [3.05, 3.63) is 23.8 Å². The van der Waals surface area contributed by atoms with Crippen LogP contribution in [0.15, 0.2) is 18.2 Å². The maximum atomic E-state index is 11.7. The maximum absolute atomic E-state index is 11.7. The highest BCUT2D eigenvalue weighted by Crippen LogP contribution is 2.23. The van der Waals surface area contributed by atoms with E-state index in [4.69, 9.17) is 5.73 Å². The number of nitrogens with one attached hydrogen (secondary N) is 1. The van der Waals surface area contributed by atoms with Crippen LogP contribution >= 0.6 is 24.2 Å². The summed E-state index contributed by atoms with van der Waals surface area (Å²) in [5, 5.41) is 12.2. The van der Waals surface area contributed by atoms with Crippen molar-refractivity contribution in [2.75, 3.05) is 17.3 Å². The summed E-state index contributed by atoms with van der Waals surface area (Å²) in [6.45, 7) is 1.89. The zero-order valence-corrected chi connectivity index (χ0v) is 12.1. The van der Waals surface area contributed by atoms with Crippen LogP contribution in [0.2, 0.25) is 0 Å². The number of rotatable bonds is 5. The summed E-state index contributed by atoms with van der Waals surface area (Å²) >= 11 is 1.65. The van der Waals surface area contributed by atoms with E-state index in [1.165, 1.54) is 0 Å². The highest BCUT2D eigenvalue weighted by atomic mass is 35.5. The molecule has 1 rings (SSSR count). The molecule has 6 heteroatoms. The van der Waals surface area contributed by atoms with Gasteiger partial charge in [-0.2, -0.15) is 11.8 Å². The molecule has 1 atom stereocenters. The van der Waals surface area contributed by atoms with Crippen LogP contribution in [0.25, 0.3) is 0 Å². The Kier molecular flexibility index (Phi) is 7.82. The topological polar surface area (TPSA) is 75.4 Å². The van der Waals surface area contributed by atoms with Crippen molar-refractivity contribution in [1.29, 1.82) is 0 Å². The van der Waals surface area contributed by atoms with E-state index in [-0.39, 0.29) is 24.1 Å².